The molecular formula is C43H81FN5O13PS2. The van der Waals surface area contributed by atoms with Crippen molar-refractivity contribution < 1.29 is 67.1 Å². The second-order valence-electron chi connectivity index (χ2n) is 14.5. The van der Waals surface area contributed by atoms with Crippen molar-refractivity contribution in [3.8, 4) is 0 Å². The van der Waals surface area contributed by atoms with Gasteiger partial charge in [0.25, 0.3) is 0 Å². The number of amides is 3. The van der Waals surface area contributed by atoms with Crippen LogP contribution in [0.1, 0.15) is 143 Å². The Morgan fingerprint density at radius 1 is 0.615 bits per heavy atom. The highest BCUT2D eigenvalue weighted by atomic mass is 32.1. The first-order valence-electron chi connectivity index (χ1n) is 22.9. The fourth-order valence-electron chi connectivity index (χ4n) is 5.45. The number of hydrogen-bond acceptors (Lipinski definition) is 14. The van der Waals surface area contributed by atoms with Crippen LogP contribution < -0.4 is 20.7 Å². The number of carbonyl (C=O) groups excluding carboxylic acids is 5. The number of nitrogens with one attached hydrogen (secondary N) is 4. The van der Waals surface area contributed by atoms with E-state index in [2.05, 4.69) is 60.3 Å². The van der Waals surface area contributed by atoms with Gasteiger partial charge >= 0.3 is 18.0 Å². The van der Waals surface area contributed by atoms with Crippen LogP contribution in [0.2, 0.25) is 0 Å². The Balaban J connectivity index is -0.00000343. The third kappa shape index (κ3) is 52.1. The minimum absolute atomic E-state index is 0.00374. The lowest BCUT2D eigenvalue weighted by Gasteiger charge is -2.14. The Morgan fingerprint density at radius 3 is 1.48 bits per heavy atom. The zero-order chi connectivity index (χ0) is 49.4. The third-order valence-electron chi connectivity index (χ3n) is 8.96. The van der Waals surface area contributed by atoms with Crippen LogP contribution in [0.4, 0.5) is 4.39 Å². The molecule has 22 heteroatoms. The minimum atomic E-state index is -1.36. The van der Waals surface area contributed by atoms with Crippen molar-refractivity contribution in [2.45, 2.75) is 155 Å². The van der Waals surface area contributed by atoms with E-state index in [1.165, 1.54) is 44.9 Å². The van der Waals surface area contributed by atoms with E-state index in [-0.39, 0.29) is 94.6 Å². The quantitative estimate of drug-likeness (QED) is 0.0125. The number of carbonyl (C=O) groups is 7. The average molecular weight is 990 g/mol. The van der Waals surface area contributed by atoms with Gasteiger partial charge in [0.1, 0.15) is 25.2 Å². The number of halogens is 1. The zero-order valence-electron chi connectivity index (χ0n) is 39.1. The monoisotopic (exact) mass is 989 g/mol. The number of carboxylic acid groups (broad SMARTS) is 2. The number of hydrogen-bond donors (Lipinski definition) is 8. The van der Waals surface area contributed by atoms with Crippen LogP contribution in [-0.4, -0.2) is 141 Å². The van der Waals surface area contributed by atoms with Crippen molar-refractivity contribution >= 4 is 80.9 Å². The number of unbranched alkanes of at least 4 members (excludes halogenated alkanes) is 13. The Labute approximate surface area is 399 Å². The van der Waals surface area contributed by atoms with Gasteiger partial charge in [0.2, 0.25) is 22.8 Å². The van der Waals surface area contributed by atoms with E-state index >= 15 is 0 Å². The molecule has 0 bridgehead atoms. The van der Waals surface area contributed by atoms with E-state index in [9.17, 15) is 43.1 Å². The molecule has 2 unspecified atom stereocenters. The Bertz CT molecular complexity index is 1290. The first kappa shape index (κ1) is 66.5. The van der Waals surface area contributed by atoms with Crippen molar-refractivity contribution in [2.24, 2.45) is 4.99 Å². The predicted molar refractivity (Wildman–Crippen MR) is 259 cm³/mol. The summed E-state index contributed by atoms with van der Waals surface area (Å²) in [7, 11) is 2.39. The van der Waals surface area contributed by atoms with Crippen LogP contribution in [0.5, 0.6) is 0 Å². The first-order valence-corrected chi connectivity index (χ1v) is 24.4. The van der Waals surface area contributed by atoms with Crippen LogP contribution in [-0.2, 0) is 52.5 Å². The predicted octanol–water partition coefficient (Wildman–Crippen LogP) is 5.41. The highest BCUT2D eigenvalue weighted by molar-refractivity contribution is 7.96. The van der Waals surface area contributed by atoms with Crippen molar-refractivity contribution in [1.29, 1.82) is 0 Å². The standard InChI is InChI=1S/C37H67N4O12PS.C4H8FNOS.C2H6/c42-31(38-19-21-50-23-25-52-28-33(44)39-20-22-51-24-26-53-29-34(54)40-27-36(47)55)18-17-30(37(48)49)41-32(43)15-13-11-9-7-5-3-1-2-4-6-8-10-12-14-16-35(45)46;1-2-3(6-8)4(5)7;1-2/h30H,1-29,54H2,(H,38,42)(H,39,44)(H,41,43)(H,45,46)(H,47,55)(H,48,49);3,6,8H,2H2,1H3;1-2H3/t30-;;/m0../s1. The number of aliphatic carboxylic acids is 2. The Kier molecular flexibility index (Phi) is 51.8. The van der Waals surface area contributed by atoms with E-state index in [0.717, 1.165) is 38.5 Å². The topological polar surface area (TPSA) is 257 Å². The molecule has 0 radical (unpaired) electrons. The van der Waals surface area contributed by atoms with E-state index < -0.39 is 30.1 Å². The van der Waals surface area contributed by atoms with Gasteiger partial charge in [0.15, 0.2) is 0 Å². The summed E-state index contributed by atoms with van der Waals surface area (Å²) in [4.78, 5) is 83.0. The van der Waals surface area contributed by atoms with Gasteiger partial charge in [-0.1, -0.05) is 120 Å². The molecule has 0 heterocycles. The summed E-state index contributed by atoms with van der Waals surface area (Å²) < 4.78 is 35.2. The number of ether oxygens (including phenoxy) is 4. The van der Waals surface area contributed by atoms with Crippen LogP contribution in [0, 0.1) is 0 Å². The molecule has 0 saturated carbocycles. The van der Waals surface area contributed by atoms with Gasteiger partial charge in [0.05, 0.1) is 51.7 Å². The molecule has 18 nitrogen and oxygen atoms in total. The fourth-order valence-corrected chi connectivity index (χ4v) is 6.01. The molecule has 3 atom stereocenters. The van der Waals surface area contributed by atoms with E-state index in [1.807, 2.05) is 13.8 Å². The van der Waals surface area contributed by atoms with Gasteiger partial charge in [0, 0.05) is 32.4 Å². The molecule has 3 amide bonds. The third-order valence-corrected chi connectivity index (χ3v) is 9.76. The highest BCUT2D eigenvalue weighted by Crippen LogP contribution is 2.14. The van der Waals surface area contributed by atoms with Crippen molar-refractivity contribution in [3.63, 3.8) is 0 Å². The van der Waals surface area contributed by atoms with Gasteiger partial charge in [-0.15, -0.1) is 12.6 Å². The lowest BCUT2D eigenvalue weighted by atomic mass is 10.0. The largest absolute Gasteiger partial charge is 0.481 e. The summed E-state index contributed by atoms with van der Waals surface area (Å²) >= 11 is 7.16. The molecule has 65 heavy (non-hydrogen) atoms. The molecular weight excluding hydrogens is 909 g/mol. The molecule has 0 aromatic carbocycles. The lowest BCUT2D eigenvalue weighted by molar-refractivity contribution is -0.142. The molecule has 0 fully saturated rings. The summed E-state index contributed by atoms with van der Waals surface area (Å²) in [6.45, 7) is 7.92. The van der Waals surface area contributed by atoms with Gasteiger partial charge in [-0.3, -0.25) is 38.5 Å². The SMILES string of the molecule is CC.CCC(NS)C(=O)F.O=C(O)CCCCCCCCCCCCCCCCC(=O)N[C@@H](CCC(=O)NCCOCCOCC(=O)NCCOCCOCC(P)=NCC(=O)S)C(=O)O. The molecule has 0 aliphatic carbocycles. The number of nitrogens with zero attached hydrogens (tertiary/aromatic N) is 1. The molecule has 6 N–H and O–H groups in total. The van der Waals surface area contributed by atoms with Crippen LogP contribution in [0.3, 0.4) is 0 Å². The van der Waals surface area contributed by atoms with Crippen LogP contribution in [0.25, 0.3) is 0 Å². The maximum Gasteiger partial charge on any atom is 0.326 e. The molecule has 0 aromatic heterocycles. The molecule has 0 rings (SSSR count). The van der Waals surface area contributed by atoms with E-state index in [4.69, 9.17) is 24.1 Å². The van der Waals surface area contributed by atoms with Gasteiger partial charge in [-0.25, -0.2) is 4.79 Å². The van der Waals surface area contributed by atoms with E-state index in [1.54, 1.807) is 6.92 Å². The van der Waals surface area contributed by atoms with Gasteiger partial charge in [-0.05, 0) is 25.7 Å². The number of carboxylic acids is 2. The molecule has 0 aliphatic rings. The number of thiol groups is 2. The summed E-state index contributed by atoms with van der Waals surface area (Å²) in [5.41, 5.74) is 0.605. The Hall–Kier alpha value is -2.78. The lowest BCUT2D eigenvalue weighted by Crippen LogP contribution is -2.41. The summed E-state index contributed by atoms with van der Waals surface area (Å²) in [6, 6.07) is -3.23. The van der Waals surface area contributed by atoms with Gasteiger partial charge in [-0.2, -0.15) is 4.39 Å². The first-order chi connectivity index (χ1) is 31.2. The maximum absolute atomic E-state index is 12.3. The van der Waals surface area contributed by atoms with Crippen LogP contribution >= 0.6 is 34.7 Å². The number of aliphatic imine (C=N–C) groups is 1. The fraction of sp³-hybridized carbons (Fsp3) is 0.814. The second-order valence-corrected chi connectivity index (χ2v) is 15.9. The van der Waals surface area contributed by atoms with Crippen molar-refractivity contribution in [2.75, 3.05) is 72.5 Å². The summed E-state index contributed by atoms with van der Waals surface area (Å²) in [5.74, 6) is -2.86. The van der Waals surface area contributed by atoms with Gasteiger partial charge < -0.3 is 45.1 Å². The zero-order valence-corrected chi connectivity index (χ0v) is 42.0. The Morgan fingerprint density at radius 2 is 1.06 bits per heavy atom. The smallest absolute Gasteiger partial charge is 0.326 e. The molecule has 0 aliphatic heterocycles. The molecule has 0 saturated heterocycles. The van der Waals surface area contributed by atoms with Crippen molar-refractivity contribution in [1.82, 2.24) is 20.7 Å². The molecule has 0 spiro atoms. The summed E-state index contributed by atoms with van der Waals surface area (Å²) in [6.07, 6.45) is 16.0. The summed E-state index contributed by atoms with van der Waals surface area (Å²) in [5, 5.41) is 25.7. The minimum Gasteiger partial charge on any atom is -0.481 e. The maximum atomic E-state index is 12.3. The van der Waals surface area contributed by atoms with Crippen LogP contribution in [0.15, 0.2) is 4.99 Å². The van der Waals surface area contributed by atoms with Crippen molar-refractivity contribution in [3.05, 3.63) is 0 Å². The molecule has 380 valence electrons. The highest BCUT2D eigenvalue weighted by Gasteiger charge is 2.21. The normalized spacial score (nSPS) is 11.8. The average Bonchev–Trinajstić information content (AvgIpc) is 3.26. The van der Waals surface area contributed by atoms with E-state index in [0.29, 0.717) is 44.7 Å². The number of rotatable bonds is 43. The second kappa shape index (κ2) is 50.6. The molecule has 0 aromatic rings.